The minimum atomic E-state index is -0.377. The van der Waals surface area contributed by atoms with Crippen LogP contribution < -0.4 is 4.90 Å². The van der Waals surface area contributed by atoms with Crippen molar-refractivity contribution in [2.45, 2.75) is 7.85 Å². The lowest BCUT2D eigenvalue weighted by Crippen LogP contribution is -2.32. The first-order valence-electron chi connectivity index (χ1n) is 10.7. The summed E-state index contributed by atoms with van der Waals surface area (Å²) < 4.78 is 10.3. The van der Waals surface area contributed by atoms with E-state index >= 15 is 0 Å². The van der Waals surface area contributed by atoms with Gasteiger partial charge in [0.15, 0.2) is 0 Å². The maximum atomic E-state index is 12.5. The van der Waals surface area contributed by atoms with Gasteiger partial charge in [0, 0.05) is 10.7 Å². The fourth-order valence-electron chi connectivity index (χ4n) is 3.22. The van der Waals surface area contributed by atoms with Crippen molar-refractivity contribution in [2.75, 3.05) is 31.2 Å². The fraction of sp³-hybridized carbons (Fsp3) is 0.231. The van der Waals surface area contributed by atoms with Gasteiger partial charge >= 0.3 is 11.9 Å². The summed E-state index contributed by atoms with van der Waals surface area (Å²) >= 11 is 10.3. The van der Waals surface area contributed by atoms with Crippen molar-refractivity contribution in [1.82, 2.24) is 0 Å². The zero-order chi connectivity index (χ0) is 24.3. The molecule has 8 heteroatoms. The van der Waals surface area contributed by atoms with Gasteiger partial charge in [-0.2, -0.15) is 0 Å². The average Bonchev–Trinajstić information content (AvgIpc) is 2.87. The van der Waals surface area contributed by atoms with Crippen molar-refractivity contribution in [3.8, 4) is 0 Å². The van der Waals surface area contributed by atoms with E-state index < -0.39 is 0 Å². The fourth-order valence-corrected chi connectivity index (χ4v) is 4.59. The number of alkyl halides is 2. The summed E-state index contributed by atoms with van der Waals surface area (Å²) in [5, 5.41) is 0.601. The molecule has 178 valence electrons. The lowest BCUT2D eigenvalue weighted by Gasteiger charge is -2.25. The highest BCUT2D eigenvalue weighted by Crippen LogP contribution is 2.26. The second-order valence-corrected chi connectivity index (χ2v) is 10.3. The number of hydrogen-bond acceptors (Lipinski definition) is 5. The third-order valence-corrected chi connectivity index (χ3v) is 7.67. The molecule has 5 nitrogen and oxygen atoms in total. The monoisotopic (exact) mass is 703 g/mol. The van der Waals surface area contributed by atoms with Crippen molar-refractivity contribution >= 4 is 74.4 Å². The Kier molecular flexibility index (Phi) is 10.9. The normalized spacial score (nSPS) is 12.4. The summed E-state index contributed by atoms with van der Waals surface area (Å²) in [5.41, 5.74) is 2.67. The number of rotatable bonds is 11. The van der Waals surface area contributed by atoms with Gasteiger partial charge in [-0.15, -0.1) is 0 Å². The highest BCUT2D eigenvalue weighted by Gasteiger charge is 2.20. The van der Waals surface area contributed by atoms with E-state index in [-0.39, 0.29) is 33.0 Å². The number of hydrogen-bond donors (Lipinski definition) is 0. The largest absolute Gasteiger partial charge is 0.463 e. The van der Waals surface area contributed by atoms with Crippen LogP contribution in [0.4, 0.5) is 5.69 Å². The summed E-state index contributed by atoms with van der Waals surface area (Å²) in [6, 6.07) is 26.4. The van der Waals surface area contributed by atoms with Crippen LogP contribution in [-0.2, 0) is 19.1 Å². The average molecular weight is 704 g/mol. The Morgan fingerprint density at radius 1 is 0.735 bits per heavy atom. The molecule has 2 unspecified atom stereocenters. The van der Waals surface area contributed by atoms with Crippen LogP contribution in [0.3, 0.4) is 0 Å². The minimum absolute atomic E-state index is 0.199. The number of carbonyl (C=O) groups is 2. The summed E-state index contributed by atoms with van der Waals surface area (Å²) in [6.07, 6.45) is 0. The van der Waals surface area contributed by atoms with Crippen LogP contribution >= 0.6 is 56.8 Å². The summed E-state index contributed by atoms with van der Waals surface area (Å²) in [5.74, 6) is -0.584. The van der Waals surface area contributed by atoms with Gasteiger partial charge in [0.25, 0.3) is 0 Å². The van der Waals surface area contributed by atoms with Crippen LogP contribution in [0.2, 0.25) is 5.02 Å². The van der Waals surface area contributed by atoms with Crippen molar-refractivity contribution in [3.63, 3.8) is 0 Å². The molecule has 2 atom stereocenters. The molecule has 0 fully saturated rings. The van der Waals surface area contributed by atoms with Crippen LogP contribution in [0.15, 0.2) is 84.9 Å². The highest BCUT2D eigenvalue weighted by molar-refractivity contribution is 14.1. The van der Waals surface area contributed by atoms with Crippen molar-refractivity contribution in [1.29, 1.82) is 0 Å². The van der Waals surface area contributed by atoms with Gasteiger partial charge in [-0.1, -0.05) is 124 Å². The minimum Gasteiger partial charge on any atom is -0.463 e. The zero-order valence-electron chi connectivity index (χ0n) is 18.3. The number of halogens is 3. The Morgan fingerprint density at radius 2 is 1.21 bits per heavy atom. The molecule has 3 aromatic carbocycles. The zero-order valence-corrected chi connectivity index (χ0v) is 23.4. The van der Waals surface area contributed by atoms with Gasteiger partial charge in [0.05, 0.1) is 13.1 Å². The van der Waals surface area contributed by atoms with Gasteiger partial charge in [-0.25, -0.2) is 0 Å². The van der Waals surface area contributed by atoms with E-state index in [1.807, 2.05) is 83.8 Å². The number of nitrogens with zero attached hydrogens (tertiary/aromatic N) is 1. The quantitative estimate of drug-likeness (QED) is 0.128. The molecule has 34 heavy (non-hydrogen) atoms. The van der Waals surface area contributed by atoms with Gasteiger partial charge in [-0.05, 0) is 29.3 Å². The van der Waals surface area contributed by atoms with Crippen LogP contribution in [0, 0.1) is 0 Å². The van der Waals surface area contributed by atoms with Gasteiger partial charge in [-0.3, -0.25) is 9.59 Å². The number of anilines is 1. The molecular formula is C26H24ClI2NO4. The molecule has 0 aliphatic carbocycles. The molecule has 0 radical (unpaired) electrons. The number of ether oxygens (including phenoxy) is 2. The first-order chi connectivity index (χ1) is 16.5. The molecule has 0 aromatic heterocycles. The van der Waals surface area contributed by atoms with Gasteiger partial charge in [0.2, 0.25) is 0 Å². The van der Waals surface area contributed by atoms with E-state index in [0.29, 0.717) is 18.1 Å². The Hall–Kier alpha value is -1.85. The van der Waals surface area contributed by atoms with E-state index in [1.54, 1.807) is 6.07 Å². The number of carbonyl (C=O) groups excluding carboxylic acids is 2. The Balaban J connectivity index is 1.55. The molecule has 0 aliphatic heterocycles. The topological polar surface area (TPSA) is 55.8 Å². The standard InChI is InChI=1S/C26H24ClI2NO4/c27-21-12-7-13-22(18-21)30(14-16-33-25(31)23(28)19-8-3-1-4-9-19)15-17-34-26(32)24(29)20-10-5-2-6-11-20/h1-13,18,23-24H,14-17H2. The van der Waals surface area contributed by atoms with E-state index in [9.17, 15) is 9.59 Å². The predicted octanol–water partition coefficient (Wildman–Crippen LogP) is 6.59. The number of esters is 2. The van der Waals surface area contributed by atoms with E-state index in [0.717, 1.165) is 16.8 Å². The smallest absolute Gasteiger partial charge is 0.323 e. The molecule has 3 rings (SSSR count). The van der Waals surface area contributed by atoms with Crippen molar-refractivity contribution in [2.24, 2.45) is 0 Å². The Morgan fingerprint density at radius 3 is 1.65 bits per heavy atom. The Bertz CT molecular complexity index is 1010. The van der Waals surface area contributed by atoms with Crippen LogP contribution in [0.25, 0.3) is 0 Å². The Labute approximate surface area is 232 Å². The first kappa shape index (κ1) is 26.7. The molecule has 0 spiro atoms. The third kappa shape index (κ3) is 8.13. The maximum Gasteiger partial charge on any atom is 0.323 e. The summed E-state index contributed by atoms with van der Waals surface area (Å²) in [6.45, 7) is 1.28. The summed E-state index contributed by atoms with van der Waals surface area (Å²) in [7, 11) is 0. The summed E-state index contributed by atoms with van der Waals surface area (Å²) in [4.78, 5) is 27.0. The van der Waals surface area contributed by atoms with Gasteiger partial charge in [0.1, 0.15) is 21.1 Å². The molecule has 3 aromatic rings. The van der Waals surface area contributed by atoms with Crippen molar-refractivity contribution in [3.05, 3.63) is 101 Å². The molecule has 0 saturated carbocycles. The molecule has 0 amide bonds. The van der Waals surface area contributed by atoms with Crippen LogP contribution in [-0.4, -0.2) is 38.2 Å². The lowest BCUT2D eigenvalue weighted by atomic mass is 10.1. The van der Waals surface area contributed by atoms with Crippen LogP contribution in [0.1, 0.15) is 19.0 Å². The number of benzene rings is 3. The first-order valence-corrected chi connectivity index (χ1v) is 13.5. The van der Waals surface area contributed by atoms with Crippen LogP contribution in [0.5, 0.6) is 0 Å². The van der Waals surface area contributed by atoms with Gasteiger partial charge < -0.3 is 14.4 Å². The maximum absolute atomic E-state index is 12.5. The third-order valence-electron chi connectivity index (χ3n) is 4.98. The van der Waals surface area contributed by atoms with E-state index in [2.05, 4.69) is 45.2 Å². The molecule has 0 saturated heterocycles. The SMILES string of the molecule is O=C(OCCN(CCOC(=O)C(I)c1ccccc1)c1cccc(Cl)c1)C(I)c1ccccc1. The predicted molar refractivity (Wildman–Crippen MR) is 152 cm³/mol. The molecule has 0 aliphatic rings. The molecule has 0 heterocycles. The van der Waals surface area contributed by atoms with E-state index in [1.165, 1.54) is 0 Å². The molecular weight excluding hydrogens is 680 g/mol. The molecule has 0 bridgehead atoms. The molecule has 0 N–H and O–H groups in total. The highest BCUT2D eigenvalue weighted by atomic mass is 127. The second kappa shape index (κ2) is 13.9. The second-order valence-electron chi connectivity index (χ2n) is 7.35. The lowest BCUT2D eigenvalue weighted by molar-refractivity contribution is -0.142. The van der Waals surface area contributed by atoms with Crippen molar-refractivity contribution < 1.29 is 19.1 Å². The van der Waals surface area contributed by atoms with E-state index in [4.69, 9.17) is 21.1 Å².